The fraction of sp³-hybridized carbons (Fsp3) is 0.429. The lowest BCUT2D eigenvalue weighted by Gasteiger charge is -2.32. The molecule has 5 rings (SSSR count). The van der Waals surface area contributed by atoms with E-state index < -0.39 is 0 Å². The van der Waals surface area contributed by atoms with Crippen molar-refractivity contribution in [2.24, 2.45) is 5.92 Å². The number of carbonyl (C=O) groups excluding carboxylic acids is 2. The first-order chi connectivity index (χ1) is 19.6. The summed E-state index contributed by atoms with van der Waals surface area (Å²) in [5.41, 5.74) is 6.76. The van der Waals surface area contributed by atoms with Gasteiger partial charge in [0.2, 0.25) is 0 Å². The summed E-state index contributed by atoms with van der Waals surface area (Å²) in [7, 11) is 1.42. The topological polar surface area (TPSA) is 49.9 Å². The van der Waals surface area contributed by atoms with E-state index in [1.165, 1.54) is 36.6 Å². The minimum atomic E-state index is -0.286. The minimum absolute atomic E-state index is 0.286. The molecule has 0 unspecified atom stereocenters. The van der Waals surface area contributed by atoms with Gasteiger partial charge in [0, 0.05) is 38.2 Å². The van der Waals surface area contributed by atoms with Gasteiger partial charge in [0.05, 0.1) is 12.7 Å². The molecule has 5 heteroatoms. The fourth-order valence-electron chi connectivity index (χ4n) is 6.25. The molecule has 1 saturated heterocycles. The molecule has 0 atom stereocenters. The number of fused-ring (bicyclic) bond motifs is 1. The molecule has 0 aromatic heterocycles. The Morgan fingerprint density at radius 2 is 1.45 bits per heavy atom. The number of piperidine rings is 1. The lowest BCUT2D eigenvalue weighted by Crippen LogP contribution is -2.33. The van der Waals surface area contributed by atoms with Crippen LogP contribution in [0.5, 0.6) is 0 Å². The maximum Gasteiger partial charge on any atom is 0.337 e. The quantitative estimate of drug-likeness (QED) is 0.223. The van der Waals surface area contributed by atoms with Crippen LogP contribution in [0.1, 0.15) is 75.1 Å². The molecule has 0 radical (unpaired) electrons. The van der Waals surface area contributed by atoms with Crippen LogP contribution in [0.4, 0.5) is 0 Å². The SMILES string of the molecule is COC(=O)c1cccc(CN2CCC(CCCC(=O)c3ccc4c(c3)CCN(Cc3ccccc3)CC4)CC2)c1. The summed E-state index contributed by atoms with van der Waals surface area (Å²) in [6.07, 6.45) is 7.12. The second-order valence-corrected chi connectivity index (χ2v) is 11.5. The van der Waals surface area contributed by atoms with Crippen LogP contribution >= 0.6 is 0 Å². The lowest BCUT2D eigenvalue weighted by atomic mass is 9.90. The molecule has 3 aromatic carbocycles. The van der Waals surface area contributed by atoms with Crippen molar-refractivity contribution in [1.29, 1.82) is 0 Å². The predicted octanol–water partition coefficient (Wildman–Crippen LogP) is 6.34. The highest BCUT2D eigenvalue weighted by molar-refractivity contribution is 5.96. The molecule has 5 nitrogen and oxygen atoms in total. The van der Waals surface area contributed by atoms with E-state index in [1.54, 1.807) is 6.07 Å². The van der Waals surface area contributed by atoms with Crippen LogP contribution in [-0.2, 0) is 30.7 Å². The molecule has 0 aliphatic carbocycles. The fourth-order valence-corrected chi connectivity index (χ4v) is 6.25. The zero-order valence-corrected chi connectivity index (χ0v) is 23.8. The molecule has 0 N–H and O–H groups in total. The highest BCUT2D eigenvalue weighted by Crippen LogP contribution is 2.25. The number of nitrogens with zero attached hydrogens (tertiary/aromatic N) is 2. The summed E-state index contributed by atoms with van der Waals surface area (Å²) >= 11 is 0. The molecule has 0 amide bonds. The van der Waals surface area contributed by atoms with Crippen LogP contribution in [0.15, 0.2) is 72.8 Å². The number of benzene rings is 3. The third-order valence-electron chi connectivity index (χ3n) is 8.65. The summed E-state index contributed by atoms with van der Waals surface area (Å²) in [5.74, 6) is 0.690. The summed E-state index contributed by atoms with van der Waals surface area (Å²) in [6, 6.07) is 24.9. The number of Topliss-reactive ketones (excluding diaryl/α,β-unsaturated/α-hetero) is 1. The van der Waals surface area contributed by atoms with Gasteiger partial charge in [-0.3, -0.25) is 14.6 Å². The van der Waals surface area contributed by atoms with E-state index in [1.807, 2.05) is 12.1 Å². The number of likely N-dealkylation sites (tertiary alicyclic amines) is 1. The zero-order chi connectivity index (χ0) is 27.7. The van der Waals surface area contributed by atoms with Gasteiger partial charge in [-0.1, -0.05) is 54.6 Å². The number of rotatable bonds is 10. The first kappa shape index (κ1) is 28.3. The van der Waals surface area contributed by atoms with E-state index in [0.29, 0.717) is 17.9 Å². The second-order valence-electron chi connectivity index (χ2n) is 11.5. The van der Waals surface area contributed by atoms with Gasteiger partial charge < -0.3 is 4.74 Å². The van der Waals surface area contributed by atoms with Crippen molar-refractivity contribution in [3.05, 3.63) is 106 Å². The van der Waals surface area contributed by atoms with Crippen molar-refractivity contribution < 1.29 is 14.3 Å². The molecule has 0 spiro atoms. The largest absolute Gasteiger partial charge is 0.465 e. The number of methoxy groups -OCH3 is 1. The Hall–Kier alpha value is -3.28. The molecule has 2 aliphatic rings. The molecule has 2 heterocycles. The van der Waals surface area contributed by atoms with Gasteiger partial charge >= 0.3 is 5.97 Å². The number of ketones is 1. The van der Waals surface area contributed by atoms with Crippen LogP contribution in [0, 0.1) is 5.92 Å². The number of ether oxygens (including phenoxy) is 1. The second kappa shape index (κ2) is 13.9. The van der Waals surface area contributed by atoms with Crippen LogP contribution in [0.2, 0.25) is 0 Å². The number of esters is 1. The predicted molar refractivity (Wildman–Crippen MR) is 160 cm³/mol. The monoisotopic (exact) mass is 538 g/mol. The van der Waals surface area contributed by atoms with Crippen LogP contribution < -0.4 is 0 Å². The Morgan fingerprint density at radius 1 is 0.750 bits per heavy atom. The standard InChI is InChI=1S/C35H42N2O3/c1-40-35(39)33-11-5-10-29(23-33)26-36-19-15-27(16-20-36)9-6-12-34(38)32-14-13-30-17-21-37(22-18-31(30)24-32)25-28-7-3-2-4-8-28/h2-5,7-8,10-11,13-14,23-24,27H,6,9,12,15-22,25-26H2,1H3. The number of hydrogen-bond donors (Lipinski definition) is 0. The molecule has 210 valence electrons. The van der Waals surface area contributed by atoms with Crippen molar-refractivity contribution in [2.75, 3.05) is 33.3 Å². The summed E-state index contributed by atoms with van der Waals surface area (Å²) in [6.45, 7) is 6.07. The maximum absolute atomic E-state index is 13.1. The van der Waals surface area contributed by atoms with Gasteiger partial charge in [0.1, 0.15) is 0 Å². The molecule has 2 aliphatic heterocycles. The highest BCUT2D eigenvalue weighted by Gasteiger charge is 2.21. The van der Waals surface area contributed by atoms with Crippen molar-refractivity contribution in [1.82, 2.24) is 9.80 Å². The average Bonchev–Trinajstić information content (AvgIpc) is 3.20. The maximum atomic E-state index is 13.1. The number of hydrogen-bond acceptors (Lipinski definition) is 5. The first-order valence-electron chi connectivity index (χ1n) is 14.9. The van der Waals surface area contributed by atoms with E-state index in [9.17, 15) is 9.59 Å². The Morgan fingerprint density at radius 3 is 2.23 bits per heavy atom. The molecule has 3 aromatic rings. The smallest absolute Gasteiger partial charge is 0.337 e. The van der Waals surface area contributed by atoms with E-state index >= 15 is 0 Å². The van der Waals surface area contributed by atoms with Crippen LogP contribution in [0.3, 0.4) is 0 Å². The zero-order valence-electron chi connectivity index (χ0n) is 23.8. The van der Waals surface area contributed by atoms with Crippen LogP contribution in [0.25, 0.3) is 0 Å². The van der Waals surface area contributed by atoms with Crippen LogP contribution in [-0.4, -0.2) is 54.8 Å². The lowest BCUT2D eigenvalue weighted by molar-refractivity contribution is 0.0600. The van der Waals surface area contributed by atoms with Gasteiger partial charge in [-0.05, 0) is 98.0 Å². The Bertz CT molecular complexity index is 1280. The molecule has 40 heavy (non-hydrogen) atoms. The third kappa shape index (κ3) is 7.67. The van der Waals surface area contributed by atoms with Crippen molar-refractivity contribution in [3.8, 4) is 0 Å². The Kier molecular flexibility index (Phi) is 9.80. The normalized spacial score (nSPS) is 16.7. The van der Waals surface area contributed by atoms with E-state index in [2.05, 4.69) is 64.4 Å². The van der Waals surface area contributed by atoms with Gasteiger partial charge in [-0.15, -0.1) is 0 Å². The van der Waals surface area contributed by atoms with Gasteiger partial charge in [0.25, 0.3) is 0 Å². The van der Waals surface area contributed by atoms with Gasteiger partial charge in [-0.25, -0.2) is 4.79 Å². The molecule has 1 fully saturated rings. The molecular formula is C35H42N2O3. The minimum Gasteiger partial charge on any atom is -0.465 e. The van der Waals surface area contributed by atoms with E-state index in [4.69, 9.17) is 4.74 Å². The third-order valence-corrected chi connectivity index (χ3v) is 8.65. The molecule has 0 saturated carbocycles. The first-order valence-corrected chi connectivity index (χ1v) is 14.9. The summed E-state index contributed by atoms with van der Waals surface area (Å²) < 4.78 is 4.85. The van der Waals surface area contributed by atoms with E-state index in [0.717, 1.165) is 76.1 Å². The number of carbonyl (C=O) groups is 2. The van der Waals surface area contributed by atoms with Crippen molar-refractivity contribution >= 4 is 11.8 Å². The highest BCUT2D eigenvalue weighted by atomic mass is 16.5. The van der Waals surface area contributed by atoms with Gasteiger partial charge in [0.15, 0.2) is 5.78 Å². The van der Waals surface area contributed by atoms with Crippen molar-refractivity contribution in [3.63, 3.8) is 0 Å². The molecular weight excluding hydrogens is 496 g/mol. The Balaban J connectivity index is 1.04. The summed E-state index contributed by atoms with van der Waals surface area (Å²) in [5, 5.41) is 0. The average molecular weight is 539 g/mol. The Labute approximate surface area is 239 Å². The van der Waals surface area contributed by atoms with Gasteiger partial charge in [-0.2, -0.15) is 0 Å². The molecule has 0 bridgehead atoms. The van der Waals surface area contributed by atoms with Crippen molar-refractivity contribution in [2.45, 2.75) is 58.0 Å². The van der Waals surface area contributed by atoms with E-state index in [-0.39, 0.29) is 11.8 Å². The summed E-state index contributed by atoms with van der Waals surface area (Å²) in [4.78, 5) is 29.9.